The maximum atomic E-state index is 10.9. The Labute approximate surface area is 148 Å². The molecule has 1 saturated heterocycles. The molecule has 1 aliphatic rings. The van der Waals surface area contributed by atoms with Crippen molar-refractivity contribution in [3.05, 3.63) is 59.7 Å². The number of hydrogen-bond donors (Lipinski definition) is 2. The van der Waals surface area contributed by atoms with Crippen molar-refractivity contribution >= 4 is 11.9 Å². The van der Waals surface area contributed by atoms with Crippen molar-refractivity contribution < 1.29 is 38.7 Å². The van der Waals surface area contributed by atoms with E-state index in [0.717, 1.165) is 0 Å². The van der Waals surface area contributed by atoms with Gasteiger partial charge in [-0.2, -0.15) is 0 Å². The molecule has 0 aromatic heterocycles. The summed E-state index contributed by atoms with van der Waals surface area (Å²) in [5, 5.41) is 17.8. The Bertz CT molecular complexity index is 701. The molecule has 2 N–H and O–H groups in total. The highest BCUT2D eigenvalue weighted by Gasteiger charge is 2.31. The minimum atomic E-state index is -1.03. The Morgan fingerprint density at radius 2 is 1.08 bits per heavy atom. The number of rotatable bonds is 6. The fourth-order valence-corrected chi connectivity index (χ4v) is 2.29. The molecule has 3 rings (SSSR count). The van der Waals surface area contributed by atoms with Gasteiger partial charge in [-0.25, -0.2) is 9.59 Å². The number of aromatic carboxylic acids is 2. The topological polar surface area (TPSA) is 112 Å². The van der Waals surface area contributed by atoms with Crippen LogP contribution in [0.25, 0.3) is 0 Å². The average Bonchev–Trinajstić information content (AvgIpc) is 2.64. The van der Waals surface area contributed by atoms with Gasteiger partial charge in [0.15, 0.2) is 0 Å². The summed E-state index contributed by atoms with van der Waals surface area (Å²) >= 11 is 0. The van der Waals surface area contributed by atoms with Crippen LogP contribution in [0.3, 0.4) is 0 Å². The maximum Gasteiger partial charge on any atom is 0.335 e. The summed E-state index contributed by atoms with van der Waals surface area (Å²) in [4.78, 5) is 21.8. The smallest absolute Gasteiger partial charge is 0.335 e. The van der Waals surface area contributed by atoms with Gasteiger partial charge >= 0.3 is 11.9 Å². The van der Waals surface area contributed by atoms with E-state index in [-0.39, 0.29) is 11.1 Å². The van der Waals surface area contributed by atoms with Crippen LogP contribution in [0.2, 0.25) is 0 Å². The predicted molar refractivity (Wildman–Crippen MR) is 87.5 cm³/mol. The first-order valence-corrected chi connectivity index (χ1v) is 7.76. The average molecular weight is 360 g/mol. The zero-order chi connectivity index (χ0) is 18.5. The van der Waals surface area contributed by atoms with E-state index in [1.165, 1.54) is 48.5 Å². The molecule has 8 heteroatoms. The Morgan fingerprint density at radius 1 is 0.731 bits per heavy atom. The first-order valence-electron chi connectivity index (χ1n) is 7.76. The summed E-state index contributed by atoms with van der Waals surface area (Å²) in [5.41, 5.74) is 0.286. The first kappa shape index (κ1) is 17.7. The molecule has 0 bridgehead atoms. The lowest BCUT2D eigenvalue weighted by atomic mass is 10.2. The number of hydrogen-bond acceptors (Lipinski definition) is 6. The standard InChI is InChI=1S/C18H16O8/c19-15(20)11-1-5-13(6-2-11)25-17-18(24-10-9-23-17)26-14-7-3-12(4-8-14)16(21)22/h1-8,17-18H,9-10H2,(H,19,20)(H,21,22)/t17-,18-/m1/s1. The number of carbonyl (C=O) groups is 2. The van der Waals surface area contributed by atoms with Crippen LogP contribution in [0.4, 0.5) is 0 Å². The van der Waals surface area contributed by atoms with Gasteiger partial charge in [-0.1, -0.05) is 0 Å². The maximum absolute atomic E-state index is 10.9. The van der Waals surface area contributed by atoms with E-state index in [0.29, 0.717) is 24.7 Å². The zero-order valence-electron chi connectivity index (χ0n) is 13.5. The van der Waals surface area contributed by atoms with E-state index in [9.17, 15) is 9.59 Å². The van der Waals surface area contributed by atoms with Crippen LogP contribution in [-0.2, 0) is 9.47 Å². The summed E-state index contributed by atoms with van der Waals surface area (Å²) in [6, 6.07) is 11.7. The number of carboxylic acids is 2. The van der Waals surface area contributed by atoms with Crippen molar-refractivity contribution in [1.82, 2.24) is 0 Å². The van der Waals surface area contributed by atoms with Crippen LogP contribution in [0.15, 0.2) is 48.5 Å². The normalized spacial score (nSPS) is 19.5. The zero-order valence-corrected chi connectivity index (χ0v) is 13.5. The minimum Gasteiger partial charge on any atom is -0.478 e. The third-order valence-corrected chi connectivity index (χ3v) is 3.58. The number of ether oxygens (including phenoxy) is 4. The minimum absolute atomic E-state index is 0.143. The molecule has 2 aromatic carbocycles. The first-order chi connectivity index (χ1) is 12.5. The molecule has 0 aliphatic carbocycles. The van der Waals surface area contributed by atoms with Gasteiger partial charge in [-0.15, -0.1) is 0 Å². The Hall–Kier alpha value is -3.10. The lowest BCUT2D eigenvalue weighted by Crippen LogP contribution is -2.45. The van der Waals surface area contributed by atoms with E-state index in [1.54, 1.807) is 0 Å². The van der Waals surface area contributed by atoms with Gasteiger partial charge in [-0.3, -0.25) is 0 Å². The third-order valence-electron chi connectivity index (χ3n) is 3.58. The lowest BCUT2D eigenvalue weighted by molar-refractivity contribution is -0.271. The summed E-state index contributed by atoms with van der Waals surface area (Å²) in [6.07, 6.45) is -1.72. The summed E-state index contributed by atoms with van der Waals surface area (Å²) in [6.45, 7) is 0.630. The molecule has 8 nitrogen and oxygen atoms in total. The van der Waals surface area contributed by atoms with Crippen LogP contribution >= 0.6 is 0 Å². The fourth-order valence-electron chi connectivity index (χ4n) is 2.29. The molecule has 1 aliphatic heterocycles. The van der Waals surface area contributed by atoms with Crippen molar-refractivity contribution in [2.24, 2.45) is 0 Å². The van der Waals surface area contributed by atoms with Crippen molar-refractivity contribution in [2.75, 3.05) is 13.2 Å². The highest BCUT2D eigenvalue weighted by Crippen LogP contribution is 2.22. The Kier molecular flexibility index (Phi) is 5.35. The van der Waals surface area contributed by atoms with Crippen LogP contribution < -0.4 is 9.47 Å². The third kappa shape index (κ3) is 4.29. The van der Waals surface area contributed by atoms with Crippen molar-refractivity contribution in [3.8, 4) is 11.5 Å². The lowest BCUT2D eigenvalue weighted by Gasteiger charge is -2.31. The summed E-state index contributed by atoms with van der Waals surface area (Å²) in [5.74, 6) is -1.25. The molecule has 2 atom stereocenters. The monoisotopic (exact) mass is 360 g/mol. The SMILES string of the molecule is O=C(O)c1ccc(O[C@H]2OCCO[C@@H]2Oc2ccc(C(=O)O)cc2)cc1. The Morgan fingerprint density at radius 3 is 1.38 bits per heavy atom. The van der Waals surface area contributed by atoms with E-state index in [4.69, 9.17) is 29.2 Å². The highest BCUT2D eigenvalue weighted by molar-refractivity contribution is 5.88. The predicted octanol–water partition coefficient (Wildman–Crippen LogP) is 2.24. The summed E-state index contributed by atoms with van der Waals surface area (Å²) < 4.78 is 22.4. The van der Waals surface area contributed by atoms with E-state index in [1.807, 2.05) is 0 Å². The van der Waals surface area contributed by atoms with Gasteiger partial charge < -0.3 is 29.2 Å². The molecule has 1 fully saturated rings. The number of benzene rings is 2. The largest absolute Gasteiger partial charge is 0.478 e. The molecular weight excluding hydrogens is 344 g/mol. The second-order valence-electron chi connectivity index (χ2n) is 5.37. The van der Waals surface area contributed by atoms with Gasteiger partial charge in [0.25, 0.3) is 12.6 Å². The second kappa shape index (κ2) is 7.85. The molecule has 1 heterocycles. The van der Waals surface area contributed by atoms with Crippen molar-refractivity contribution in [2.45, 2.75) is 12.6 Å². The molecule has 26 heavy (non-hydrogen) atoms. The number of carboxylic acid groups (broad SMARTS) is 2. The van der Waals surface area contributed by atoms with Crippen LogP contribution in [0.5, 0.6) is 11.5 Å². The van der Waals surface area contributed by atoms with Crippen LogP contribution in [0, 0.1) is 0 Å². The van der Waals surface area contributed by atoms with Crippen LogP contribution in [0.1, 0.15) is 20.7 Å². The molecule has 0 spiro atoms. The van der Waals surface area contributed by atoms with Crippen molar-refractivity contribution in [1.29, 1.82) is 0 Å². The van der Waals surface area contributed by atoms with Gasteiger partial charge in [0.1, 0.15) is 11.5 Å². The van der Waals surface area contributed by atoms with E-state index < -0.39 is 24.5 Å². The molecule has 0 unspecified atom stereocenters. The van der Waals surface area contributed by atoms with E-state index in [2.05, 4.69) is 0 Å². The van der Waals surface area contributed by atoms with Crippen LogP contribution in [-0.4, -0.2) is 47.9 Å². The Balaban J connectivity index is 1.67. The van der Waals surface area contributed by atoms with Gasteiger partial charge in [0, 0.05) is 0 Å². The molecule has 2 aromatic rings. The quantitative estimate of drug-likeness (QED) is 0.807. The molecule has 0 amide bonds. The summed E-state index contributed by atoms with van der Waals surface area (Å²) in [7, 11) is 0. The van der Waals surface area contributed by atoms with Crippen molar-refractivity contribution in [3.63, 3.8) is 0 Å². The van der Waals surface area contributed by atoms with Gasteiger partial charge in [0.2, 0.25) is 0 Å². The van der Waals surface area contributed by atoms with Gasteiger partial charge in [0.05, 0.1) is 24.3 Å². The second-order valence-corrected chi connectivity index (χ2v) is 5.37. The van der Waals surface area contributed by atoms with E-state index >= 15 is 0 Å². The molecule has 0 saturated carbocycles. The molecular formula is C18H16O8. The molecule has 136 valence electrons. The fraction of sp³-hybridized carbons (Fsp3) is 0.222. The van der Waals surface area contributed by atoms with Gasteiger partial charge in [-0.05, 0) is 48.5 Å². The highest BCUT2D eigenvalue weighted by atomic mass is 16.8. The molecule has 0 radical (unpaired) electrons.